The van der Waals surface area contributed by atoms with Crippen LogP contribution in [-0.4, -0.2) is 11.1 Å². The normalized spacial score (nSPS) is 27.4. The lowest BCUT2D eigenvalue weighted by atomic mass is 9.93. The Hall–Kier alpha value is -1.58. The molecule has 0 aliphatic heterocycles. The highest BCUT2D eigenvalue weighted by atomic mass is 16.5. The largest absolute Gasteiger partial charge is 0.361 e. The molecule has 2 bridgehead atoms. The maximum Gasteiger partial charge on any atom is 0.224 e. The van der Waals surface area contributed by atoms with Gasteiger partial charge in [0.1, 0.15) is 11.5 Å². The number of aromatic nitrogens is 1. The van der Waals surface area contributed by atoms with Crippen molar-refractivity contribution < 1.29 is 9.32 Å². The molecule has 3 rings (SSSR count). The van der Waals surface area contributed by atoms with E-state index in [1.807, 2.05) is 6.07 Å². The Morgan fingerprint density at radius 2 is 2.30 bits per heavy atom. The minimum absolute atomic E-state index is 0.159. The Kier molecular flexibility index (Phi) is 3.64. The summed E-state index contributed by atoms with van der Waals surface area (Å²) < 4.78 is 5.27. The van der Waals surface area contributed by atoms with Gasteiger partial charge in [-0.1, -0.05) is 31.2 Å². The van der Waals surface area contributed by atoms with Gasteiger partial charge >= 0.3 is 0 Å². The van der Waals surface area contributed by atoms with Gasteiger partial charge in [0.25, 0.3) is 0 Å². The number of fused-ring (bicyclic) bond motifs is 2. The molecule has 2 aliphatic rings. The number of carbonyl (C=O) groups excluding carboxylic acids is 1. The predicted octanol–water partition coefficient (Wildman–Crippen LogP) is 2.70. The molecule has 1 heterocycles. The SMILES string of the molecule is CC(C)Cc1cc(CNC(=O)[C@@H]2C[C@@H]3C=C[C@H]2C3)no1. The van der Waals surface area contributed by atoms with E-state index in [1.54, 1.807) is 0 Å². The summed E-state index contributed by atoms with van der Waals surface area (Å²) in [4.78, 5) is 12.2. The van der Waals surface area contributed by atoms with Gasteiger partial charge in [0.15, 0.2) is 0 Å². The van der Waals surface area contributed by atoms with Gasteiger partial charge in [-0.2, -0.15) is 0 Å². The molecular weight excluding hydrogens is 252 g/mol. The molecule has 0 unspecified atom stereocenters. The van der Waals surface area contributed by atoms with Crippen molar-refractivity contribution in [1.29, 1.82) is 0 Å². The average Bonchev–Trinajstić information content (AvgIpc) is 3.11. The molecule has 20 heavy (non-hydrogen) atoms. The summed E-state index contributed by atoms with van der Waals surface area (Å²) in [5, 5.41) is 7.01. The first-order chi connectivity index (χ1) is 9.61. The van der Waals surface area contributed by atoms with Crippen LogP contribution in [0.2, 0.25) is 0 Å². The van der Waals surface area contributed by atoms with E-state index >= 15 is 0 Å². The molecule has 4 heteroatoms. The Bertz CT molecular complexity index is 518. The van der Waals surface area contributed by atoms with Crippen LogP contribution in [0.15, 0.2) is 22.7 Å². The molecule has 0 spiro atoms. The van der Waals surface area contributed by atoms with Crippen LogP contribution in [-0.2, 0) is 17.8 Å². The zero-order valence-corrected chi connectivity index (χ0v) is 12.1. The second-order valence-electron chi connectivity index (χ2n) is 6.49. The van der Waals surface area contributed by atoms with Crippen LogP contribution in [0.25, 0.3) is 0 Å². The molecule has 3 atom stereocenters. The molecule has 108 valence electrons. The lowest BCUT2D eigenvalue weighted by molar-refractivity contribution is -0.125. The molecule has 1 saturated carbocycles. The quantitative estimate of drug-likeness (QED) is 0.840. The molecule has 1 aromatic rings. The predicted molar refractivity (Wildman–Crippen MR) is 75.7 cm³/mol. The summed E-state index contributed by atoms with van der Waals surface area (Å²) in [5.41, 5.74) is 0.813. The van der Waals surface area contributed by atoms with E-state index in [4.69, 9.17) is 4.52 Å². The standard InChI is InChI=1S/C16H22N2O2/c1-10(2)5-14-8-13(18-20-14)9-17-16(19)15-7-11-3-4-12(15)6-11/h3-4,8,10-12,15H,5-7,9H2,1-2H3,(H,17,19)/t11-,12+,15-/m1/s1. The molecule has 1 N–H and O–H groups in total. The Morgan fingerprint density at radius 3 is 2.95 bits per heavy atom. The maximum absolute atomic E-state index is 12.2. The Balaban J connectivity index is 1.50. The fourth-order valence-corrected chi connectivity index (χ4v) is 3.33. The second kappa shape index (κ2) is 5.43. The molecule has 2 aliphatic carbocycles. The molecule has 4 nitrogen and oxygen atoms in total. The van der Waals surface area contributed by atoms with Gasteiger partial charge in [0.05, 0.1) is 6.54 Å². The zero-order valence-electron chi connectivity index (χ0n) is 12.1. The average molecular weight is 274 g/mol. The fraction of sp³-hybridized carbons (Fsp3) is 0.625. The van der Waals surface area contributed by atoms with Crippen LogP contribution in [0.3, 0.4) is 0 Å². The van der Waals surface area contributed by atoms with Crippen molar-refractivity contribution in [3.05, 3.63) is 29.7 Å². The lowest BCUT2D eigenvalue weighted by Crippen LogP contribution is -2.32. The van der Waals surface area contributed by atoms with E-state index in [-0.39, 0.29) is 11.8 Å². The van der Waals surface area contributed by atoms with Crippen LogP contribution >= 0.6 is 0 Å². The van der Waals surface area contributed by atoms with Crippen molar-refractivity contribution in [2.75, 3.05) is 0 Å². The molecule has 1 aromatic heterocycles. The summed E-state index contributed by atoms with van der Waals surface area (Å²) in [6.07, 6.45) is 7.50. The fourth-order valence-electron chi connectivity index (χ4n) is 3.33. The first-order valence-corrected chi connectivity index (χ1v) is 7.52. The first kappa shape index (κ1) is 13.4. The Labute approximate surface area is 119 Å². The van der Waals surface area contributed by atoms with Crippen molar-refractivity contribution in [1.82, 2.24) is 10.5 Å². The third-order valence-electron chi connectivity index (χ3n) is 4.28. The highest BCUT2D eigenvalue weighted by molar-refractivity contribution is 5.79. The maximum atomic E-state index is 12.2. The van der Waals surface area contributed by atoms with E-state index < -0.39 is 0 Å². The summed E-state index contributed by atoms with van der Waals surface area (Å²) in [5.74, 6) is 2.84. The number of nitrogens with zero attached hydrogens (tertiary/aromatic N) is 1. The minimum atomic E-state index is 0.159. The molecule has 0 saturated heterocycles. The van der Waals surface area contributed by atoms with Crippen LogP contribution < -0.4 is 5.32 Å². The topological polar surface area (TPSA) is 55.1 Å². The van der Waals surface area contributed by atoms with Gasteiger partial charge in [-0.25, -0.2) is 0 Å². The molecular formula is C16H22N2O2. The third-order valence-corrected chi connectivity index (χ3v) is 4.28. The van der Waals surface area contributed by atoms with Crippen LogP contribution in [0, 0.1) is 23.7 Å². The number of nitrogens with one attached hydrogen (secondary N) is 1. The van der Waals surface area contributed by atoms with Crippen molar-refractivity contribution >= 4 is 5.91 Å². The van der Waals surface area contributed by atoms with Gasteiger partial charge < -0.3 is 9.84 Å². The van der Waals surface area contributed by atoms with Crippen molar-refractivity contribution in [3.63, 3.8) is 0 Å². The number of hydrogen-bond donors (Lipinski definition) is 1. The highest BCUT2D eigenvalue weighted by Crippen LogP contribution is 2.43. The van der Waals surface area contributed by atoms with Crippen molar-refractivity contribution in [2.24, 2.45) is 23.7 Å². The monoisotopic (exact) mass is 274 g/mol. The van der Waals surface area contributed by atoms with Gasteiger partial charge in [0.2, 0.25) is 5.91 Å². The van der Waals surface area contributed by atoms with E-state index in [0.717, 1.165) is 30.7 Å². The highest BCUT2D eigenvalue weighted by Gasteiger charge is 2.39. The third kappa shape index (κ3) is 2.79. The number of carbonyl (C=O) groups is 1. The van der Waals surface area contributed by atoms with Gasteiger partial charge in [-0.15, -0.1) is 0 Å². The summed E-state index contributed by atoms with van der Waals surface area (Å²) in [6, 6.07) is 1.95. The number of amides is 1. The van der Waals surface area contributed by atoms with Gasteiger partial charge in [0, 0.05) is 18.4 Å². The molecule has 1 fully saturated rings. The number of rotatable bonds is 5. The van der Waals surface area contributed by atoms with Gasteiger partial charge in [-0.3, -0.25) is 4.79 Å². The molecule has 1 amide bonds. The number of hydrogen-bond acceptors (Lipinski definition) is 3. The smallest absolute Gasteiger partial charge is 0.224 e. The first-order valence-electron chi connectivity index (χ1n) is 7.52. The van der Waals surface area contributed by atoms with E-state index in [9.17, 15) is 4.79 Å². The number of allylic oxidation sites excluding steroid dienone is 2. The Morgan fingerprint density at radius 1 is 1.45 bits per heavy atom. The van der Waals surface area contributed by atoms with Gasteiger partial charge in [-0.05, 0) is 30.6 Å². The van der Waals surface area contributed by atoms with Crippen LogP contribution in [0.4, 0.5) is 0 Å². The summed E-state index contributed by atoms with van der Waals surface area (Å²) in [7, 11) is 0. The molecule has 0 radical (unpaired) electrons. The summed E-state index contributed by atoms with van der Waals surface area (Å²) >= 11 is 0. The zero-order chi connectivity index (χ0) is 14.1. The van der Waals surface area contributed by atoms with E-state index in [1.165, 1.54) is 0 Å². The molecule has 0 aromatic carbocycles. The second-order valence-corrected chi connectivity index (χ2v) is 6.49. The minimum Gasteiger partial charge on any atom is -0.361 e. The van der Waals surface area contributed by atoms with Crippen LogP contribution in [0.5, 0.6) is 0 Å². The van der Waals surface area contributed by atoms with Crippen molar-refractivity contribution in [3.8, 4) is 0 Å². The lowest BCUT2D eigenvalue weighted by Gasteiger charge is -2.16. The van der Waals surface area contributed by atoms with E-state index in [2.05, 4.69) is 36.5 Å². The van der Waals surface area contributed by atoms with E-state index in [0.29, 0.717) is 24.3 Å². The van der Waals surface area contributed by atoms with Crippen molar-refractivity contribution in [2.45, 2.75) is 39.7 Å². The van der Waals surface area contributed by atoms with Crippen LogP contribution in [0.1, 0.15) is 38.1 Å². The summed E-state index contributed by atoms with van der Waals surface area (Å²) in [6.45, 7) is 4.76.